The molecule has 2 aromatic carbocycles. The van der Waals surface area contributed by atoms with E-state index in [1.165, 1.54) is 24.3 Å². The average Bonchev–Trinajstić information content (AvgIpc) is 2.39. The standard InChI is InChI=1S/C7H5F3O.C7H5F3/c8-7(9,10)5-3-1-2-4-6(5)11;8-7(9,10)6-4-2-1-3-5-6/h1-4,11H;1-5H. The van der Waals surface area contributed by atoms with E-state index in [9.17, 15) is 26.3 Å². The van der Waals surface area contributed by atoms with Gasteiger partial charge in [-0.05, 0) is 12.1 Å². The summed E-state index contributed by atoms with van der Waals surface area (Å²) in [6, 6.07) is 10.8. The van der Waals surface area contributed by atoms with Crippen LogP contribution in [0.5, 0.6) is 5.75 Å². The minimum atomic E-state index is -4.47. The first-order chi connectivity index (χ1) is 9.62. The third kappa shape index (κ3) is 5.37. The zero-order chi connectivity index (χ0) is 16.1. The van der Waals surface area contributed by atoms with E-state index in [1.54, 1.807) is 6.07 Å². The number of hydrogen-bond acceptors (Lipinski definition) is 1. The Balaban J connectivity index is 0.000000211. The van der Waals surface area contributed by atoms with Gasteiger partial charge in [-0.15, -0.1) is 0 Å². The van der Waals surface area contributed by atoms with Crippen LogP contribution in [0.25, 0.3) is 0 Å². The van der Waals surface area contributed by atoms with E-state index in [0.29, 0.717) is 0 Å². The Bertz CT molecular complexity index is 560. The van der Waals surface area contributed by atoms with Crippen molar-refractivity contribution < 1.29 is 31.4 Å². The molecule has 0 saturated heterocycles. The fourth-order valence-corrected chi connectivity index (χ4v) is 1.34. The predicted octanol–water partition coefficient (Wildman–Crippen LogP) is 5.12. The lowest BCUT2D eigenvalue weighted by molar-refractivity contribution is -0.139. The highest BCUT2D eigenvalue weighted by molar-refractivity contribution is 5.33. The van der Waals surface area contributed by atoms with Gasteiger partial charge in [0.25, 0.3) is 0 Å². The molecule has 21 heavy (non-hydrogen) atoms. The van der Waals surface area contributed by atoms with Gasteiger partial charge < -0.3 is 5.11 Å². The van der Waals surface area contributed by atoms with Gasteiger partial charge in [0, 0.05) is 0 Å². The van der Waals surface area contributed by atoms with Crippen molar-refractivity contribution in [3.05, 3.63) is 65.7 Å². The van der Waals surface area contributed by atoms with Crippen LogP contribution < -0.4 is 0 Å². The number of rotatable bonds is 0. The van der Waals surface area contributed by atoms with Crippen LogP contribution in [-0.4, -0.2) is 5.11 Å². The van der Waals surface area contributed by atoms with Gasteiger partial charge in [-0.1, -0.05) is 42.5 Å². The Morgan fingerprint density at radius 1 is 0.619 bits per heavy atom. The minimum absolute atomic E-state index is 0.602. The maximum absolute atomic E-state index is 11.9. The SMILES string of the molecule is FC(F)(F)c1ccccc1.Oc1ccccc1C(F)(F)F. The van der Waals surface area contributed by atoms with Gasteiger partial charge in [0.05, 0.1) is 11.1 Å². The lowest BCUT2D eigenvalue weighted by atomic mass is 10.2. The van der Waals surface area contributed by atoms with Gasteiger partial charge in [-0.2, -0.15) is 26.3 Å². The molecule has 0 spiro atoms. The molecule has 2 aromatic rings. The summed E-state index contributed by atoms with van der Waals surface area (Å²) in [6.07, 6.45) is -8.67. The number of halogens is 6. The average molecular weight is 308 g/mol. The highest BCUT2D eigenvalue weighted by Gasteiger charge is 2.33. The van der Waals surface area contributed by atoms with Crippen molar-refractivity contribution in [2.45, 2.75) is 12.4 Å². The van der Waals surface area contributed by atoms with E-state index in [4.69, 9.17) is 5.11 Å². The van der Waals surface area contributed by atoms with Crippen molar-refractivity contribution in [3.63, 3.8) is 0 Å². The quantitative estimate of drug-likeness (QED) is 0.670. The molecule has 0 aliphatic carbocycles. The second-order valence-corrected chi connectivity index (χ2v) is 3.88. The fraction of sp³-hybridized carbons (Fsp3) is 0.143. The van der Waals surface area contributed by atoms with Crippen LogP contribution in [0.15, 0.2) is 54.6 Å². The summed E-state index contributed by atoms with van der Waals surface area (Å²) < 4.78 is 71.0. The van der Waals surface area contributed by atoms with Crippen LogP contribution in [0.3, 0.4) is 0 Å². The Labute approximate surface area is 116 Å². The predicted molar refractivity (Wildman–Crippen MR) is 64.6 cm³/mol. The molecular formula is C14H10F6O. The van der Waals surface area contributed by atoms with Crippen LogP contribution in [0.4, 0.5) is 26.3 Å². The maximum atomic E-state index is 11.9. The van der Waals surface area contributed by atoms with E-state index in [2.05, 4.69) is 0 Å². The lowest BCUT2D eigenvalue weighted by Gasteiger charge is -2.06. The van der Waals surface area contributed by atoms with Crippen molar-refractivity contribution in [3.8, 4) is 5.75 Å². The molecule has 0 radical (unpaired) electrons. The summed E-state index contributed by atoms with van der Waals surface area (Å²) in [6.45, 7) is 0. The molecule has 114 valence electrons. The maximum Gasteiger partial charge on any atom is 0.419 e. The fourth-order valence-electron chi connectivity index (χ4n) is 1.34. The third-order valence-corrected chi connectivity index (χ3v) is 2.31. The lowest BCUT2D eigenvalue weighted by Crippen LogP contribution is -2.04. The molecule has 0 atom stereocenters. The molecule has 0 heterocycles. The van der Waals surface area contributed by atoms with Crippen LogP contribution in [0.2, 0.25) is 0 Å². The number of para-hydroxylation sites is 1. The van der Waals surface area contributed by atoms with Crippen molar-refractivity contribution in [2.75, 3.05) is 0 Å². The molecule has 0 amide bonds. The first-order valence-corrected chi connectivity index (χ1v) is 5.60. The number of aromatic hydroxyl groups is 1. The summed E-state index contributed by atoms with van der Waals surface area (Å²) in [5.74, 6) is -0.736. The van der Waals surface area contributed by atoms with E-state index < -0.39 is 29.2 Å². The molecule has 0 fully saturated rings. The smallest absolute Gasteiger partial charge is 0.419 e. The van der Waals surface area contributed by atoms with E-state index >= 15 is 0 Å². The van der Waals surface area contributed by atoms with E-state index in [0.717, 1.165) is 24.3 Å². The van der Waals surface area contributed by atoms with Crippen LogP contribution in [0.1, 0.15) is 11.1 Å². The van der Waals surface area contributed by atoms with Gasteiger partial charge in [0.15, 0.2) is 0 Å². The first-order valence-electron chi connectivity index (χ1n) is 5.60. The van der Waals surface area contributed by atoms with Crippen LogP contribution >= 0.6 is 0 Å². The minimum Gasteiger partial charge on any atom is -0.507 e. The third-order valence-electron chi connectivity index (χ3n) is 2.31. The number of hydrogen-bond donors (Lipinski definition) is 1. The van der Waals surface area contributed by atoms with Gasteiger partial charge in [-0.3, -0.25) is 0 Å². The Morgan fingerprint density at radius 3 is 1.43 bits per heavy atom. The topological polar surface area (TPSA) is 20.2 Å². The van der Waals surface area contributed by atoms with E-state index in [-0.39, 0.29) is 0 Å². The Hall–Kier alpha value is -2.18. The second-order valence-electron chi connectivity index (χ2n) is 3.88. The number of benzene rings is 2. The van der Waals surface area contributed by atoms with Gasteiger partial charge in [-0.25, -0.2) is 0 Å². The molecule has 0 unspecified atom stereocenters. The highest BCUT2D eigenvalue weighted by atomic mass is 19.4. The molecule has 0 aliphatic rings. The highest BCUT2D eigenvalue weighted by Crippen LogP contribution is 2.34. The molecule has 0 aromatic heterocycles. The summed E-state index contributed by atoms with van der Waals surface area (Å²) in [7, 11) is 0. The largest absolute Gasteiger partial charge is 0.507 e. The molecule has 0 saturated carbocycles. The Morgan fingerprint density at radius 2 is 1.10 bits per heavy atom. The summed E-state index contributed by atoms with van der Waals surface area (Å²) in [4.78, 5) is 0. The molecule has 0 aliphatic heterocycles. The number of phenolic OH excluding ortho intramolecular Hbond substituents is 1. The zero-order valence-electron chi connectivity index (χ0n) is 10.4. The second kappa shape index (κ2) is 6.51. The van der Waals surface area contributed by atoms with Crippen molar-refractivity contribution in [2.24, 2.45) is 0 Å². The molecular weight excluding hydrogens is 298 g/mol. The first kappa shape index (κ1) is 16.9. The van der Waals surface area contributed by atoms with Crippen LogP contribution in [0, 0.1) is 0 Å². The molecule has 2 rings (SSSR count). The molecule has 1 N–H and O–H groups in total. The normalized spacial score (nSPS) is 11.5. The molecule has 1 nitrogen and oxygen atoms in total. The van der Waals surface area contributed by atoms with E-state index in [1.807, 2.05) is 0 Å². The van der Waals surface area contributed by atoms with Gasteiger partial charge in [0.1, 0.15) is 5.75 Å². The molecule has 0 bridgehead atoms. The van der Waals surface area contributed by atoms with Gasteiger partial charge >= 0.3 is 12.4 Å². The van der Waals surface area contributed by atoms with Crippen molar-refractivity contribution in [1.29, 1.82) is 0 Å². The monoisotopic (exact) mass is 308 g/mol. The number of alkyl halides is 6. The molecule has 7 heteroatoms. The van der Waals surface area contributed by atoms with Gasteiger partial charge in [0.2, 0.25) is 0 Å². The van der Waals surface area contributed by atoms with Crippen molar-refractivity contribution >= 4 is 0 Å². The van der Waals surface area contributed by atoms with Crippen LogP contribution in [-0.2, 0) is 12.4 Å². The number of phenols is 1. The van der Waals surface area contributed by atoms with Crippen molar-refractivity contribution in [1.82, 2.24) is 0 Å². The summed E-state index contributed by atoms with van der Waals surface area (Å²) >= 11 is 0. The summed E-state index contributed by atoms with van der Waals surface area (Å²) in [5.41, 5.74) is -1.60. The Kier molecular flexibility index (Phi) is 5.23. The summed E-state index contributed by atoms with van der Waals surface area (Å²) in [5, 5.41) is 8.73. The zero-order valence-corrected chi connectivity index (χ0v) is 10.4.